The number of anilines is 1. The molecule has 2 aromatic carbocycles. The summed E-state index contributed by atoms with van der Waals surface area (Å²) in [6, 6.07) is 14.0. The van der Waals surface area contributed by atoms with E-state index in [2.05, 4.69) is 5.32 Å². The third-order valence-corrected chi connectivity index (χ3v) is 4.31. The Bertz CT molecular complexity index is 897. The van der Waals surface area contributed by atoms with E-state index >= 15 is 0 Å². The van der Waals surface area contributed by atoms with Gasteiger partial charge in [-0.1, -0.05) is 30.3 Å². The lowest BCUT2D eigenvalue weighted by Crippen LogP contribution is -2.17. The van der Waals surface area contributed by atoms with E-state index < -0.39 is 0 Å². The first kappa shape index (κ1) is 16.7. The van der Waals surface area contributed by atoms with Crippen molar-refractivity contribution in [2.45, 2.75) is 0 Å². The van der Waals surface area contributed by atoms with E-state index in [1.807, 2.05) is 24.3 Å². The molecule has 3 rings (SSSR count). The first-order chi connectivity index (χ1) is 12.0. The van der Waals surface area contributed by atoms with Crippen LogP contribution in [0.5, 0.6) is 0 Å². The van der Waals surface area contributed by atoms with Gasteiger partial charge in [0.2, 0.25) is 0 Å². The van der Waals surface area contributed by atoms with Gasteiger partial charge in [-0.3, -0.25) is 19.7 Å². The van der Waals surface area contributed by atoms with Crippen LogP contribution in [-0.2, 0) is 4.79 Å². The second-order valence-corrected chi connectivity index (χ2v) is 6.35. The van der Waals surface area contributed by atoms with Crippen LogP contribution in [-0.4, -0.2) is 16.9 Å². The summed E-state index contributed by atoms with van der Waals surface area (Å²) in [5.41, 5.74) is 8.44. The fourth-order valence-electron chi connectivity index (χ4n) is 2.19. The highest BCUT2D eigenvalue weighted by Gasteiger charge is 2.24. The Morgan fingerprint density at radius 1 is 0.960 bits per heavy atom. The van der Waals surface area contributed by atoms with Crippen molar-refractivity contribution in [1.29, 1.82) is 0 Å². The number of nitrogens with one attached hydrogen (secondary N) is 1. The summed E-state index contributed by atoms with van der Waals surface area (Å²) in [5.74, 6) is -0.489. The van der Waals surface area contributed by atoms with Gasteiger partial charge in [0.15, 0.2) is 5.78 Å². The molecule has 5 nitrogen and oxygen atoms in total. The van der Waals surface area contributed by atoms with Crippen molar-refractivity contribution < 1.29 is 14.4 Å². The highest BCUT2D eigenvalue weighted by molar-refractivity contribution is 8.18. The fraction of sp³-hybridized carbons (Fsp3) is 0. The molecule has 6 heteroatoms. The normalized spacial score (nSPS) is 15.8. The molecule has 2 aromatic rings. The minimum Gasteiger partial charge on any atom is -0.399 e. The number of carbonyl (C=O) groups excluding carboxylic acids is 3. The molecule has 0 radical (unpaired) electrons. The minimum atomic E-state index is -0.381. The number of ketones is 1. The topological polar surface area (TPSA) is 89.3 Å². The summed E-state index contributed by atoms with van der Waals surface area (Å²) in [6.07, 6.45) is 4.87. The van der Waals surface area contributed by atoms with Gasteiger partial charge >= 0.3 is 0 Å². The van der Waals surface area contributed by atoms with Gasteiger partial charge in [-0.2, -0.15) is 0 Å². The number of imide groups is 1. The molecule has 124 valence electrons. The number of amides is 2. The van der Waals surface area contributed by atoms with Crippen LogP contribution in [0.25, 0.3) is 12.2 Å². The molecule has 1 aliphatic heterocycles. The zero-order chi connectivity index (χ0) is 17.8. The molecule has 3 N–H and O–H groups in total. The number of nitrogens with two attached hydrogens (primary N) is 1. The Balaban J connectivity index is 1.69. The van der Waals surface area contributed by atoms with Crippen LogP contribution < -0.4 is 11.1 Å². The van der Waals surface area contributed by atoms with Gasteiger partial charge < -0.3 is 5.73 Å². The lowest BCUT2D eigenvalue weighted by atomic mass is 10.1. The quantitative estimate of drug-likeness (QED) is 0.500. The van der Waals surface area contributed by atoms with Crippen molar-refractivity contribution in [3.05, 3.63) is 76.2 Å². The Hall–Kier alpha value is -3.12. The van der Waals surface area contributed by atoms with Crippen LogP contribution in [0.2, 0.25) is 0 Å². The molecule has 0 saturated carbocycles. The molecule has 25 heavy (non-hydrogen) atoms. The van der Waals surface area contributed by atoms with Crippen LogP contribution >= 0.6 is 11.8 Å². The van der Waals surface area contributed by atoms with Gasteiger partial charge in [0.1, 0.15) is 0 Å². The number of hydrogen-bond acceptors (Lipinski definition) is 5. The average molecular weight is 350 g/mol. The Morgan fingerprint density at radius 3 is 2.20 bits per heavy atom. The lowest BCUT2D eigenvalue weighted by Gasteiger charge is -1.98. The van der Waals surface area contributed by atoms with Gasteiger partial charge in [-0.25, -0.2) is 0 Å². The number of carbonyl (C=O) groups is 3. The van der Waals surface area contributed by atoms with Gasteiger partial charge in [-0.05, 0) is 59.3 Å². The predicted octanol–water partition coefficient (Wildman–Crippen LogP) is 3.49. The maximum atomic E-state index is 12.1. The number of thioether (sulfide) groups is 1. The first-order valence-corrected chi connectivity index (χ1v) is 8.26. The summed E-state index contributed by atoms with van der Waals surface area (Å²) in [7, 11) is 0. The van der Waals surface area contributed by atoms with E-state index in [1.165, 1.54) is 6.08 Å². The fourth-order valence-corrected chi connectivity index (χ4v) is 2.87. The maximum Gasteiger partial charge on any atom is 0.290 e. The number of benzene rings is 2. The van der Waals surface area contributed by atoms with Crippen molar-refractivity contribution >= 4 is 46.5 Å². The molecule has 0 atom stereocenters. The first-order valence-electron chi connectivity index (χ1n) is 7.44. The zero-order valence-corrected chi connectivity index (χ0v) is 13.9. The molecular formula is C19H14N2O3S. The Kier molecular flexibility index (Phi) is 4.81. The lowest BCUT2D eigenvalue weighted by molar-refractivity contribution is -0.115. The van der Waals surface area contributed by atoms with E-state index in [-0.39, 0.29) is 16.9 Å². The third-order valence-electron chi connectivity index (χ3n) is 3.50. The van der Waals surface area contributed by atoms with Gasteiger partial charge in [-0.15, -0.1) is 0 Å². The van der Waals surface area contributed by atoms with Crippen molar-refractivity contribution in [2.75, 3.05) is 5.73 Å². The van der Waals surface area contributed by atoms with Crippen LogP contribution in [0.3, 0.4) is 0 Å². The average Bonchev–Trinajstić information content (AvgIpc) is 2.92. The molecule has 0 spiro atoms. The largest absolute Gasteiger partial charge is 0.399 e. The van der Waals surface area contributed by atoms with Crippen molar-refractivity contribution in [3.8, 4) is 0 Å². The van der Waals surface area contributed by atoms with Crippen molar-refractivity contribution in [1.82, 2.24) is 5.32 Å². The van der Waals surface area contributed by atoms with Gasteiger partial charge in [0.25, 0.3) is 11.1 Å². The molecule has 0 unspecified atom stereocenters. The standard InChI is InChI=1S/C19H14N2O3S/c20-15-8-6-14(7-9-15)16(22)10-5-12-1-3-13(4-2-12)11-17-18(23)21-19(24)25-17/h1-11H,20H2,(H,21,23,24)/b10-5+,17-11-. The molecule has 1 saturated heterocycles. The molecule has 1 fully saturated rings. The van der Waals surface area contributed by atoms with Crippen LogP contribution in [0.15, 0.2) is 59.5 Å². The number of rotatable bonds is 4. The number of nitrogen functional groups attached to an aromatic ring is 1. The van der Waals surface area contributed by atoms with E-state index in [0.717, 1.165) is 22.9 Å². The van der Waals surface area contributed by atoms with E-state index in [0.29, 0.717) is 16.2 Å². The third kappa shape index (κ3) is 4.24. The van der Waals surface area contributed by atoms with Crippen LogP contribution in [0.4, 0.5) is 10.5 Å². The monoisotopic (exact) mass is 350 g/mol. The second kappa shape index (κ2) is 7.19. The molecule has 0 bridgehead atoms. The summed E-state index contributed by atoms with van der Waals surface area (Å²) in [6.45, 7) is 0. The van der Waals surface area contributed by atoms with E-state index in [9.17, 15) is 14.4 Å². The van der Waals surface area contributed by atoms with Crippen molar-refractivity contribution in [2.24, 2.45) is 0 Å². The zero-order valence-electron chi connectivity index (χ0n) is 13.1. The SMILES string of the molecule is Nc1ccc(C(=O)/C=C/c2ccc(/C=C3\SC(=O)NC3=O)cc2)cc1. The second-order valence-electron chi connectivity index (χ2n) is 5.34. The molecule has 2 amide bonds. The molecule has 1 heterocycles. The van der Waals surface area contributed by atoms with Crippen LogP contribution in [0, 0.1) is 0 Å². The maximum absolute atomic E-state index is 12.1. The molecular weight excluding hydrogens is 336 g/mol. The molecule has 1 aliphatic rings. The Labute approximate surface area is 148 Å². The predicted molar refractivity (Wildman–Crippen MR) is 99.8 cm³/mol. The van der Waals surface area contributed by atoms with Gasteiger partial charge in [0.05, 0.1) is 4.91 Å². The van der Waals surface area contributed by atoms with E-state index in [4.69, 9.17) is 5.73 Å². The smallest absolute Gasteiger partial charge is 0.290 e. The minimum absolute atomic E-state index is 0.108. The highest BCUT2D eigenvalue weighted by atomic mass is 32.2. The van der Waals surface area contributed by atoms with E-state index in [1.54, 1.807) is 36.4 Å². The van der Waals surface area contributed by atoms with Gasteiger partial charge in [0, 0.05) is 11.3 Å². The Morgan fingerprint density at radius 2 is 1.60 bits per heavy atom. The number of allylic oxidation sites excluding steroid dienone is 1. The van der Waals surface area contributed by atoms with Crippen LogP contribution in [0.1, 0.15) is 21.5 Å². The number of hydrogen-bond donors (Lipinski definition) is 2. The van der Waals surface area contributed by atoms with Crippen molar-refractivity contribution in [3.63, 3.8) is 0 Å². The summed E-state index contributed by atoms with van der Waals surface area (Å²) in [4.78, 5) is 35.1. The summed E-state index contributed by atoms with van der Waals surface area (Å²) in [5, 5.41) is 1.85. The summed E-state index contributed by atoms with van der Waals surface area (Å²) < 4.78 is 0. The molecule has 0 aromatic heterocycles. The summed E-state index contributed by atoms with van der Waals surface area (Å²) >= 11 is 0.879. The highest BCUT2D eigenvalue weighted by Crippen LogP contribution is 2.25. The molecule has 0 aliphatic carbocycles.